The zero-order valence-corrected chi connectivity index (χ0v) is 9.33. The van der Waals surface area contributed by atoms with Crippen molar-refractivity contribution in [3.63, 3.8) is 0 Å². The van der Waals surface area contributed by atoms with Crippen molar-refractivity contribution in [3.8, 4) is 0 Å². The van der Waals surface area contributed by atoms with Gasteiger partial charge in [-0.1, -0.05) is 0 Å². The molecule has 12 heavy (non-hydrogen) atoms. The molecule has 2 atom stereocenters. The quantitative estimate of drug-likeness (QED) is 0.542. The van der Waals surface area contributed by atoms with Crippen LogP contribution < -0.4 is 4.72 Å². The number of hydrogen-bond acceptors (Lipinski definition) is 3. The number of hydrogen-bond donors (Lipinski definition) is 1. The third-order valence-electron chi connectivity index (χ3n) is 1.25. The lowest BCUT2D eigenvalue weighted by Gasteiger charge is -2.26. The third kappa shape index (κ3) is 4.98. The van der Waals surface area contributed by atoms with Crippen molar-refractivity contribution >= 4 is 11.4 Å². The highest BCUT2D eigenvalue weighted by molar-refractivity contribution is 7.90. The SMILES string of the molecule is CCO[C@H](C)N[S+]([O-])C(C)(C)C. The smallest absolute Gasteiger partial charge is 0.147 e. The van der Waals surface area contributed by atoms with Crippen LogP contribution in [0.5, 0.6) is 0 Å². The van der Waals surface area contributed by atoms with Gasteiger partial charge in [0.25, 0.3) is 0 Å². The Balaban J connectivity index is 3.76. The molecule has 0 aliphatic heterocycles. The van der Waals surface area contributed by atoms with E-state index in [-0.39, 0.29) is 11.0 Å². The van der Waals surface area contributed by atoms with Gasteiger partial charge in [-0.2, -0.15) is 0 Å². The van der Waals surface area contributed by atoms with Gasteiger partial charge >= 0.3 is 0 Å². The highest BCUT2D eigenvalue weighted by atomic mass is 32.2. The Morgan fingerprint density at radius 2 is 2.00 bits per heavy atom. The summed E-state index contributed by atoms with van der Waals surface area (Å²) in [5.41, 5.74) is 0. The normalized spacial score (nSPS) is 17.5. The van der Waals surface area contributed by atoms with Gasteiger partial charge in [-0.25, -0.2) is 0 Å². The summed E-state index contributed by atoms with van der Waals surface area (Å²) in [5, 5.41) is 0. The first-order chi connectivity index (χ1) is 5.38. The maximum atomic E-state index is 11.5. The van der Waals surface area contributed by atoms with E-state index in [0.717, 1.165) is 0 Å². The molecule has 74 valence electrons. The van der Waals surface area contributed by atoms with Crippen LogP contribution in [0.3, 0.4) is 0 Å². The summed E-state index contributed by atoms with van der Waals surface area (Å²) in [5.74, 6) is 0. The summed E-state index contributed by atoms with van der Waals surface area (Å²) < 4.78 is 19.3. The highest BCUT2D eigenvalue weighted by Gasteiger charge is 2.27. The Bertz CT molecular complexity index is 125. The van der Waals surface area contributed by atoms with Gasteiger partial charge in [0.05, 0.1) is 0 Å². The van der Waals surface area contributed by atoms with Gasteiger partial charge in [0, 0.05) is 18.0 Å². The van der Waals surface area contributed by atoms with E-state index in [1.54, 1.807) is 0 Å². The first-order valence-electron chi connectivity index (χ1n) is 4.17. The topological polar surface area (TPSA) is 44.3 Å². The number of rotatable bonds is 4. The van der Waals surface area contributed by atoms with Crippen LogP contribution in [-0.2, 0) is 16.1 Å². The van der Waals surface area contributed by atoms with Crippen molar-refractivity contribution in [1.29, 1.82) is 0 Å². The fraction of sp³-hybridized carbons (Fsp3) is 1.00. The van der Waals surface area contributed by atoms with Gasteiger partial charge in [0.2, 0.25) is 0 Å². The van der Waals surface area contributed by atoms with Crippen molar-refractivity contribution in [2.24, 2.45) is 0 Å². The molecule has 0 rings (SSSR count). The first kappa shape index (κ1) is 12.2. The Hall–Kier alpha value is 0.230. The molecule has 0 aromatic rings. The van der Waals surface area contributed by atoms with Crippen LogP contribution in [0, 0.1) is 0 Å². The molecule has 4 heteroatoms. The van der Waals surface area contributed by atoms with E-state index in [2.05, 4.69) is 4.72 Å². The fourth-order valence-corrected chi connectivity index (χ4v) is 1.33. The van der Waals surface area contributed by atoms with Crippen molar-refractivity contribution in [3.05, 3.63) is 0 Å². The molecule has 0 saturated heterocycles. The Labute approximate surface area is 78.2 Å². The zero-order chi connectivity index (χ0) is 9.78. The predicted molar refractivity (Wildman–Crippen MR) is 52.1 cm³/mol. The summed E-state index contributed by atoms with van der Waals surface area (Å²) in [6.45, 7) is 10.2. The second-order valence-corrected chi connectivity index (χ2v) is 5.59. The molecule has 0 aromatic heterocycles. The molecular formula is C8H19NO2S. The standard InChI is InChI=1S/C8H19NO2S/c1-6-11-7(2)9-12(10)8(3,4)5/h7,9H,6H2,1-5H3/t7-,12?/m1/s1. The highest BCUT2D eigenvalue weighted by Crippen LogP contribution is 2.13. The molecule has 0 aromatic carbocycles. The van der Waals surface area contributed by atoms with Gasteiger partial charge in [-0.15, -0.1) is 4.72 Å². The van der Waals surface area contributed by atoms with Gasteiger partial charge < -0.3 is 9.29 Å². The second-order valence-electron chi connectivity index (χ2n) is 3.60. The van der Waals surface area contributed by atoms with E-state index in [1.165, 1.54) is 0 Å². The second kappa shape index (κ2) is 5.07. The fourth-order valence-electron chi connectivity index (χ4n) is 0.612. The largest absolute Gasteiger partial charge is 0.598 e. The lowest BCUT2D eigenvalue weighted by atomic mass is 10.3. The van der Waals surface area contributed by atoms with Gasteiger partial charge in [-0.3, -0.25) is 0 Å². The molecule has 3 nitrogen and oxygen atoms in total. The molecule has 0 amide bonds. The van der Waals surface area contributed by atoms with E-state index < -0.39 is 11.4 Å². The maximum absolute atomic E-state index is 11.5. The molecule has 0 spiro atoms. The Morgan fingerprint density at radius 1 is 1.50 bits per heavy atom. The Morgan fingerprint density at radius 3 is 2.33 bits per heavy atom. The minimum Gasteiger partial charge on any atom is -0.598 e. The van der Waals surface area contributed by atoms with E-state index in [0.29, 0.717) is 6.61 Å². The van der Waals surface area contributed by atoms with Crippen LogP contribution in [0.25, 0.3) is 0 Å². The third-order valence-corrected chi connectivity index (χ3v) is 2.90. The summed E-state index contributed by atoms with van der Waals surface area (Å²) in [4.78, 5) is 0. The van der Waals surface area contributed by atoms with Crippen molar-refractivity contribution in [1.82, 2.24) is 4.72 Å². The molecule has 0 fully saturated rings. The van der Waals surface area contributed by atoms with Crippen LogP contribution in [0.1, 0.15) is 34.6 Å². The van der Waals surface area contributed by atoms with E-state index >= 15 is 0 Å². The van der Waals surface area contributed by atoms with E-state index in [4.69, 9.17) is 4.74 Å². The molecule has 0 saturated carbocycles. The zero-order valence-electron chi connectivity index (χ0n) is 8.51. The van der Waals surface area contributed by atoms with E-state index in [9.17, 15) is 4.55 Å². The van der Waals surface area contributed by atoms with Crippen LogP contribution in [0.2, 0.25) is 0 Å². The van der Waals surface area contributed by atoms with Crippen molar-refractivity contribution in [2.75, 3.05) is 6.61 Å². The molecule has 0 aliphatic rings. The van der Waals surface area contributed by atoms with Crippen LogP contribution in [0.4, 0.5) is 0 Å². The van der Waals surface area contributed by atoms with Crippen LogP contribution in [0.15, 0.2) is 0 Å². The summed E-state index contributed by atoms with van der Waals surface area (Å²) in [7, 11) is 0. The Kier molecular flexibility index (Phi) is 5.16. The average Bonchev–Trinajstić information content (AvgIpc) is 1.85. The number of ether oxygens (including phenoxy) is 1. The minimum atomic E-state index is -1.04. The monoisotopic (exact) mass is 193 g/mol. The number of nitrogens with one attached hydrogen (secondary N) is 1. The lowest BCUT2D eigenvalue weighted by molar-refractivity contribution is 0.0684. The minimum absolute atomic E-state index is 0.143. The molecule has 0 heterocycles. The summed E-state index contributed by atoms with van der Waals surface area (Å²) >= 11 is -1.04. The van der Waals surface area contributed by atoms with Crippen LogP contribution >= 0.6 is 0 Å². The molecule has 1 N–H and O–H groups in total. The average molecular weight is 193 g/mol. The van der Waals surface area contributed by atoms with Crippen LogP contribution in [-0.4, -0.2) is 22.1 Å². The van der Waals surface area contributed by atoms with Gasteiger partial charge in [0.15, 0.2) is 0 Å². The van der Waals surface area contributed by atoms with Gasteiger partial charge in [0.1, 0.15) is 11.0 Å². The van der Waals surface area contributed by atoms with E-state index in [1.807, 2.05) is 34.6 Å². The molecule has 0 radical (unpaired) electrons. The van der Waals surface area contributed by atoms with Crippen molar-refractivity contribution < 1.29 is 9.29 Å². The molecule has 0 bridgehead atoms. The lowest BCUT2D eigenvalue weighted by Crippen LogP contribution is -2.44. The summed E-state index contributed by atoms with van der Waals surface area (Å²) in [6.07, 6.45) is -0.143. The van der Waals surface area contributed by atoms with Gasteiger partial charge in [-0.05, 0) is 34.6 Å². The molecule has 0 aliphatic carbocycles. The molecular weight excluding hydrogens is 174 g/mol. The summed E-state index contributed by atoms with van der Waals surface area (Å²) in [6, 6.07) is 0. The maximum Gasteiger partial charge on any atom is 0.147 e. The first-order valence-corrected chi connectivity index (χ1v) is 5.32. The predicted octanol–water partition coefficient (Wildman–Crippen LogP) is 1.42. The molecule has 1 unspecified atom stereocenters. The van der Waals surface area contributed by atoms with Crippen molar-refractivity contribution in [2.45, 2.75) is 45.6 Å².